The van der Waals surface area contributed by atoms with E-state index in [0.29, 0.717) is 30.8 Å². The van der Waals surface area contributed by atoms with Crippen LogP contribution in [0.4, 0.5) is 5.69 Å². The highest BCUT2D eigenvalue weighted by atomic mass is 32.2. The van der Waals surface area contributed by atoms with E-state index in [9.17, 15) is 13.2 Å². The number of sulfonamides is 1. The van der Waals surface area contributed by atoms with Crippen LogP contribution in [0.25, 0.3) is 6.08 Å². The molecule has 1 amide bonds. The van der Waals surface area contributed by atoms with Gasteiger partial charge < -0.3 is 5.32 Å². The zero-order chi connectivity index (χ0) is 18.1. The molecule has 1 saturated heterocycles. The molecular weight excluding hydrogens is 348 g/mol. The third kappa shape index (κ3) is 3.06. The summed E-state index contributed by atoms with van der Waals surface area (Å²) in [5, 5.41) is 2.86. The summed E-state index contributed by atoms with van der Waals surface area (Å²) >= 11 is 0. The summed E-state index contributed by atoms with van der Waals surface area (Å²) in [6.45, 7) is 1.08. The van der Waals surface area contributed by atoms with E-state index >= 15 is 0 Å². The summed E-state index contributed by atoms with van der Waals surface area (Å²) in [5.74, 6) is -0.283. The molecular formula is C20H20N2O3S. The molecule has 2 aromatic carbocycles. The minimum Gasteiger partial charge on any atom is -0.322 e. The predicted molar refractivity (Wildman–Crippen MR) is 102 cm³/mol. The van der Waals surface area contributed by atoms with Gasteiger partial charge in [-0.25, -0.2) is 8.42 Å². The lowest BCUT2D eigenvalue weighted by molar-refractivity contribution is 0.102. The second-order valence-corrected chi connectivity index (χ2v) is 8.51. The van der Waals surface area contributed by atoms with E-state index in [1.807, 2.05) is 30.4 Å². The van der Waals surface area contributed by atoms with Crippen LogP contribution in [-0.4, -0.2) is 31.7 Å². The largest absolute Gasteiger partial charge is 0.322 e. The number of nitrogens with zero attached hydrogens (tertiary/aromatic N) is 1. The summed E-state index contributed by atoms with van der Waals surface area (Å²) in [6.07, 6.45) is 6.24. The van der Waals surface area contributed by atoms with Crippen LogP contribution in [0, 0.1) is 0 Å². The Morgan fingerprint density at radius 3 is 2.50 bits per heavy atom. The Morgan fingerprint density at radius 2 is 1.77 bits per heavy atom. The number of allylic oxidation sites excluding steroid dienone is 1. The van der Waals surface area contributed by atoms with Gasteiger partial charge in [0.25, 0.3) is 5.91 Å². The first kappa shape index (κ1) is 17.0. The van der Waals surface area contributed by atoms with E-state index in [0.717, 1.165) is 24.0 Å². The van der Waals surface area contributed by atoms with Crippen molar-refractivity contribution in [1.82, 2.24) is 4.31 Å². The average molecular weight is 368 g/mol. The van der Waals surface area contributed by atoms with Crippen molar-refractivity contribution in [2.45, 2.75) is 24.2 Å². The molecule has 1 fully saturated rings. The molecule has 5 nitrogen and oxygen atoms in total. The molecule has 0 saturated carbocycles. The molecule has 0 aromatic heterocycles. The van der Waals surface area contributed by atoms with Crippen molar-refractivity contribution in [3.8, 4) is 0 Å². The molecule has 4 rings (SSSR count). The fraction of sp³-hybridized carbons (Fsp3) is 0.250. The Morgan fingerprint density at radius 1 is 1.04 bits per heavy atom. The number of nitrogens with one attached hydrogen (secondary N) is 1. The van der Waals surface area contributed by atoms with Crippen LogP contribution in [0.2, 0.25) is 0 Å². The lowest BCUT2D eigenvalue weighted by Gasteiger charge is -2.18. The topological polar surface area (TPSA) is 66.5 Å². The van der Waals surface area contributed by atoms with Crippen molar-refractivity contribution in [3.63, 3.8) is 0 Å². The van der Waals surface area contributed by atoms with Crippen LogP contribution in [0.1, 0.15) is 34.3 Å². The fourth-order valence-electron chi connectivity index (χ4n) is 3.50. The molecule has 1 aliphatic heterocycles. The number of fused-ring (bicyclic) bond motifs is 1. The van der Waals surface area contributed by atoms with Gasteiger partial charge in [-0.1, -0.05) is 30.4 Å². The van der Waals surface area contributed by atoms with Gasteiger partial charge in [-0.05, 0) is 54.7 Å². The van der Waals surface area contributed by atoms with Crippen LogP contribution in [0.15, 0.2) is 53.4 Å². The van der Waals surface area contributed by atoms with Crippen molar-refractivity contribution < 1.29 is 13.2 Å². The van der Waals surface area contributed by atoms with Crippen molar-refractivity contribution in [3.05, 3.63) is 65.2 Å². The summed E-state index contributed by atoms with van der Waals surface area (Å²) in [6, 6.07) is 12.4. The highest BCUT2D eigenvalue weighted by molar-refractivity contribution is 7.89. The zero-order valence-corrected chi connectivity index (χ0v) is 15.1. The summed E-state index contributed by atoms with van der Waals surface area (Å²) in [7, 11) is -3.57. The Labute approximate surface area is 153 Å². The molecule has 26 heavy (non-hydrogen) atoms. The number of carbonyl (C=O) groups excluding carboxylic acids is 1. The fourth-order valence-corrected chi connectivity index (χ4v) is 5.08. The van der Waals surface area contributed by atoms with Crippen LogP contribution in [0.3, 0.4) is 0 Å². The van der Waals surface area contributed by atoms with Gasteiger partial charge in [0.05, 0.1) is 4.90 Å². The summed E-state index contributed by atoms with van der Waals surface area (Å²) < 4.78 is 27.4. The molecule has 2 aromatic rings. The molecule has 0 spiro atoms. The number of carbonyl (C=O) groups is 1. The average Bonchev–Trinajstić information content (AvgIpc) is 3.33. The maximum atomic E-state index is 12.9. The number of amides is 1. The number of anilines is 1. The first-order chi connectivity index (χ1) is 12.6. The normalized spacial score (nSPS) is 16.6. The maximum Gasteiger partial charge on any atom is 0.256 e. The Balaban J connectivity index is 1.73. The van der Waals surface area contributed by atoms with Gasteiger partial charge in [0.15, 0.2) is 0 Å². The summed E-state index contributed by atoms with van der Waals surface area (Å²) in [4.78, 5) is 13.0. The predicted octanol–water partition coefficient (Wildman–Crippen LogP) is 3.29. The minimum atomic E-state index is -3.57. The molecule has 1 aliphatic carbocycles. The van der Waals surface area contributed by atoms with Crippen LogP contribution < -0.4 is 5.32 Å². The van der Waals surface area contributed by atoms with E-state index in [-0.39, 0.29) is 10.8 Å². The molecule has 0 atom stereocenters. The second kappa shape index (κ2) is 6.70. The number of hydrogen-bond acceptors (Lipinski definition) is 3. The lowest BCUT2D eigenvalue weighted by Crippen LogP contribution is -2.28. The van der Waals surface area contributed by atoms with Crippen LogP contribution in [-0.2, 0) is 16.4 Å². The van der Waals surface area contributed by atoms with Gasteiger partial charge in [0, 0.05) is 24.3 Å². The SMILES string of the molecule is O=C(Nc1ccccc1)c1cc(S(=O)(=O)N2CCCC2)cc2c1CC=C2. The Hall–Kier alpha value is -2.44. The van der Waals surface area contributed by atoms with Gasteiger partial charge in [-0.15, -0.1) is 0 Å². The third-order valence-electron chi connectivity index (χ3n) is 4.86. The Kier molecular flexibility index (Phi) is 4.38. The number of hydrogen-bond donors (Lipinski definition) is 1. The van der Waals surface area contributed by atoms with Crippen molar-refractivity contribution >= 4 is 27.7 Å². The molecule has 0 radical (unpaired) electrons. The van der Waals surface area contributed by atoms with E-state index in [4.69, 9.17) is 0 Å². The number of benzene rings is 2. The van der Waals surface area contributed by atoms with Crippen molar-refractivity contribution in [2.75, 3.05) is 18.4 Å². The smallest absolute Gasteiger partial charge is 0.256 e. The van der Waals surface area contributed by atoms with Gasteiger partial charge in [0.1, 0.15) is 0 Å². The quantitative estimate of drug-likeness (QED) is 0.900. The Bertz CT molecular complexity index is 976. The molecule has 2 aliphatic rings. The molecule has 1 heterocycles. The van der Waals surface area contributed by atoms with E-state index in [2.05, 4.69) is 5.32 Å². The van der Waals surface area contributed by atoms with Crippen LogP contribution >= 0.6 is 0 Å². The second-order valence-electron chi connectivity index (χ2n) is 6.58. The molecule has 0 unspecified atom stereocenters. The van der Waals surface area contributed by atoms with Gasteiger partial charge >= 0.3 is 0 Å². The molecule has 6 heteroatoms. The first-order valence-corrected chi connectivity index (χ1v) is 10.2. The summed E-state index contributed by atoms with van der Waals surface area (Å²) in [5.41, 5.74) is 2.79. The van der Waals surface area contributed by atoms with E-state index in [1.165, 1.54) is 10.4 Å². The third-order valence-corrected chi connectivity index (χ3v) is 6.73. The van der Waals surface area contributed by atoms with Crippen molar-refractivity contribution in [2.24, 2.45) is 0 Å². The van der Waals surface area contributed by atoms with Gasteiger partial charge in [0.2, 0.25) is 10.0 Å². The molecule has 1 N–H and O–H groups in total. The molecule has 134 valence electrons. The number of rotatable bonds is 4. The first-order valence-electron chi connectivity index (χ1n) is 8.76. The highest BCUT2D eigenvalue weighted by Gasteiger charge is 2.29. The monoisotopic (exact) mass is 368 g/mol. The molecule has 0 bridgehead atoms. The van der Waals surface area contributed by atoms with E-state index in [1.54, 1.807) is 18.2 Å². The zero-order valence-electron chi connectivity index (χ0n) is 14.3. The lowest BCUT2D eigenvalue weighted by atomic mass is 10.0. The van der Waals surface area contributed by atoms with Gasteiger partial charge in [-0.3, -0.25) is 4.79 Å². The minimum absolute atomic E-state index is 0.197. The highest BCUT2D eigenvalue weighted by Crippen LogP contribution is 2.30. The maximum absolute atomic E-state index is 12.9. The van der Waals surface area contributed by atoms with Crippen molar-refractivity contribution in [1.29, 1.82) is 0 Å². The van der Waals surface area contributed by atoms with E-state index < -0.39 is 10.0 Å². The van der Waals surface area contributed by atoms with Crippen LogP contribution in [0.5, 0.6) is 0 Å². The number of para-hydroxylation sites is 1. The van der Waals surface area contributed by atoms with Gasteiger partial charge in [-0.2, -0.15) is 4.31 Å². The standard InChI is InChI=1S/C20H20N2O3S/c23-20(21-16-8-2-1-3-9-16)19-14-17(13-15-7-6-10-18(15)19)26(24,25)22-11-4-5-12-22/h1-3,6-9,13-14H,4-5,10-12H2,(H,21,23).